The number of fused-ring (bicyclic) bond motifs is 12. The molecule has 18 aromatic rings. The van der Waals surface area contributed by atoms with Crippen LogP contribution in [0.25, 0.3) is 132 Å². The Hall–Kier alpha value is -13.7. The Morgan fingerprint density at radius 2 is 0.405 bits per heavy atom. The van der Waals surface area contributed by atoms with Crippen molar-refractivity contribution in [1.29, 1.82) is 0 Å². The number of ether oxygens (including phenoxy) is 4. The van der Waals surface area contributed by atoms with E-state index in [0.717, 1.165) is 101 Å². The fourth-order valence-electron chi connectivity index (χ4n) is 19.9. The molecule has 0 N–H and O–H groups in total. The summed E-state index contributed by atoms with van der Waals surface area (Å²) in [4.78, 5) is 0. The lowest BCUT2D eigenvalue weighted by molar-refractivity contribution is 0.462. The van der Waals surface area contributed by atoms with E-state index in [2.05, 4.69) is 450 Å². The quantitative estimate of drug-likeness (QED) is 0.112. The van der Waals surface area contributed by atoms with Gasteiger partial charge >= 0.3 is 0 Å². The molecule has 4 aliphatic heterocycles. The third-order valence-corrected chi connectivity index (χ3v) is 26.7. The van der Waals surface area contributed by atoms with E-state index in [0.29, 0.717) is 0 Å². The van der Waals surface area contributed by atoms with Crippen LogP contribution < -0.4 is 51.7 Å². The zero-order valence-corrected chi connectivity index (χ0v) is 74.7. The van der Waals surface area contributed by atoms with Crippen LogP contribution in [0, 0.1) is 0 Å². The molecule has 0 saturated heterocycles. The molecule has 0 atom stereocenters. The molecule has 0 unspecified atom stereocenters. The van der Waals surface area contributed by atoms with Crippen LogP contribution in [0.5, 0.6) is 46.0 Å². The maximum absolute atomic E-state index is 7.06. The van der Waals surface area contributed by atoms with Crippen LogP contribution in [-0.2, 0) is 27.1 Å². The van der Waals surface area contributed by atoms with Gasteiger partial charge in [-0.1, -0.05) is 365 Å². The fourth-order valence-corrected chi connectivity index (χ4v) is 19.9. The largest absolute Gasteiger partial charge is 0.458 e. The van der Waals surface area contributed by atoms with Crippen molar-refractivity contribution in [2.24, 2.45) is 0 Å². The van der Waals surface area contributed by atoms with E-state index in [9.17, 15) is 0 Å². The Morgan fingerprint density at radius 3 is 0.746 bits per heavy atom. The van der Waals surface area contributed by atoms with Gasteiger partial charge in [0.2, 0.25) is 0 Å². The Balaban J connectivity index is 0.000000154. The first-order valence-electron chi connectivity index (χ1n) is 44.7. The topological polar surface area (TPSA) is 36.9 Å². The Morgan fingerprint density at radius 1 is 0.159 bits per heavy atom. The molecular weight excluding hydrogens is 1530 g/mol. The SMILES string of the molecule is CC(C)(C)c1cc(-c2cc(-c3cc4c5c(c3)Oc3cc(C(C)(C)C)ccc3B5c3ccccc3O4)cc(-c3c4ccccc4c(-c4ccccc4)c4ccccc34)c2)cc(C(C)(C)C)c1.CC(C)(C)c1cccc(-c2cc(-c3cc4c5c(c3)Oc3cc(C(C)(C)C)ccc3B5c3ccccc3O4)cc(-c3c4ccccc4c(-c4ccccc4)c4ccccc34)c2)c1. The van der Waals surface area contributed by atoms with Gasteiger partial charge in [0.25, 0.3) is 13.4 Å². The summed E-state index contributed by atoms with van der Waals surface area (Å²) in [7, 11) is 0. The van der Waals surface area contributed by atoms with Crippen molar-refractivity contribution in [1.82, 2.24) is 0 Å². The Bertz CT molecular complexity index is 7340. The van der Waals surface area contributed by atoms with Crippen molar-refractivity contribution in [3.05, 3.63) is 374 Å². The van der Waals surface area contributed by atoms with Gasteiger partial charge in [0.05, 0.1) is 0 Å². The Labute approximate surface area is 742 Å². The standard InChI is InChI=1S/C62H55BO2.C58H47BO2/c1-60(2,3)44-27-28-52-54(37-44)65-56-35-42(34-55-59(56)63(52)51-25-17-18-26-53(51)64-55)40-29-39(41-32-45(61(4,5)6)36-46(33-41)62(7,8)9)30-43(31-40)58-49-23-15-13-21-47(49)57(38-19-11-10-12-20-38)48-22-14-16-24-50(48)58;1-57(2,3)42-20-16-19-37(32-42)38-29-39(31-41(30-38)55-46-23-12-10-21-44(46)54(36-17-8-7-9-18-36)45-22-11-13-24-47(45)55)40-33-52-56-53(34-40)61-51-35-43(58(4,5)6)27-28-49(51)59(56)48-25-14-15-26-50(48)60-52/h10-37H,1-9H3;7-35H,1-6H3. The van der Waals surface area contributed by atoms with Gasteiger partial charge in [0.15, 0.2) is 0 Å². The summed E-state index contributed by atoms with van der Waals surface area (Å²) in [5.41, 5.74) is 32.0. The van der Waals surface area contributed by atoms with E-state index in [1.165, 1.54) is 137 Å². The number of benzene rings is 18. The molecule has 6 heteroatoms. The molecule has 0 radical (unpaired) electrons. The molecule has 0 saturated carbocycles. The van der Waals surface area contributed by atoms with Gasteiger partial charge < -0.3 is 18.9 Å². The second kappa shape index (κ2) is 30.1. The highest BCUT2D eigenvalue weighted by atomic mass is 16.5. The summed E-state index contributed by atoms with van der Waals surface area (Å²) in [5, 5.41) is 9.86. The fraction of sp³-hybridized carbons (Fsp3) is 0.167. The molecule has 0 aromatic heterocycles. The molecular formula is C120H102B2O4. The van der Waals surface area contributed by atoms with E-state index in [4.69, 9.17) is 18.9 Å². The molecule has 18 aromatic carbocycles. The van der Waals surface area contributed by atoms with Crippen molar-refractivity contribution in [3.63, 3.8) is 0 Å². The number of hydrogen-bond donors (Lipinski definition) is 0. The first kappa shape index (κ1) is 79.5. The molecule has 0 spiro atoms. The predicted molar refractivity (Wildman–Crippen MR) is 535 cm³/mol. The molecule has 4 nitrogen and oxygen atoms in total. The van der Waals surface area contributed by atoms with Crippen LogP contribution in [0.4, 0.5) is 0 Å². The van der Waals surface area contributed by atoms with Crippen LogP contribution in [0.1, 0.15) is 132 Å². The molecule has 22 rings (SSSR count). The second-order valence-corrected chi connectivity index (χ2v) is 40.3. The van der Waals surface area contributed by atoms with Crippen LogP contribution in [-0.4, -0.2) is 13.4 Å². The lowest BCUT2D eigenvalue weighted by Gasteiger charge is -2.34. The van der Waals surface area contributed by atoms with E-state index in [-0.39, 0.29) is 40.5 Å². The minimum Gasteiger partial charge on any atom is -0.458 e. The van der Waals surface area contributed by atoms with Gasteiger partial charge in [-0.3, -0.25) is 0 Å². The average molecular weight is 1630 g/mol. The zero-order chi connectivity index (χ0) is 86.6. The van der Waals surface area contributed by atoms with Crippen LogP contribution in [0.15, 0.2) is 346 Å². The summed E-state index contributed by atoms with van der Waals surface area (Å²) in [6.07, 6.45) is 0. The lowest BCUT2D eigenvalue weighted by atomic mass is 9.34. The van der Waals surface area contributed by atoms with Gasteiger partial charge in [0, 0.05) is 10.9 Å². The molecule has 0 fully saturated rings. The highest BCUT2D eigenvalue weighted by molar-refractivity contribution is 6.99. The van der Waals surface area contributed by atoms with E-state index >= 15 is 0 Å². The van der Waals surface area contributed by atoms with Crippen molar-refractivity contribution < 1.29 is 18.9 Å². The number of rotatable bonds is 8. The monoisotopic (exact) mass is 1630 g/mol. The van der Waals surface area contributed by atoms with Gasteiger partial charge in [-0.15, -0.1) is 0 Å². The summed E-state index contributed by atoms with van der Waals surface area (Å²) in [6, 6.07) is 128. The number of hydrogen-bond acceptors (Lipinski definition) is 4. The molecule has 0 bridgehead atoms. The van der Waals surface area contributed by atoms with Crippen LogP contribution in [0.3, 0.4) is 0 Å². The highest BCUT2D eigenvalue weighted by Crippen LogP contribution is 2.51. The van der Waals surface area contributed by atoms with Crippen molar-refractivity contribution >= 4 is 89.3 Å². The third-order valence-electron chi connectivity index (χ3n) is 26.7. The van der Waals surface area contributed by atoms with E-state index in [1.807, 2.05) is 0 Å². The molecule has 0 aliphatic carbocycles. The maximum Gasteiger partial charge on any atom is 0.260 e. The first-order chi connectivity index (χ1) is 60.6. The molecule has 126 heavy (non-hydrogen) atoms. The predicted octanol–water partition coefficient (Wildman–Crippen LogP) is 29.3. The van der Waals surface area contributed by atoms with Gasteiger partial charge in [-0.25, -0.2) is 0 Å². The molecule has 4 aliphatic rings. The normalized spacial score (nSPS) is 13.1. The summed E-state index contributed by atoms with van der Waals surface area (Å²) in [5.74, 6) is 6.97. The minimum atomic E-state index is -0.0397. The zero-order valence-electron chi connectivity index (χ0n) is 74.7. The smallest absolute Gasteiger partial charge is 0.260 e. The van der Waals surface area contributed by atoms with E-state index in [1.54, 1.807) is 0 Å². The second-order valence-electron chi connectivity index (χ2n) is 40.3. The maximum atomic E-state index is 7.06. The lowest BCUT2D eigenvalue weighted by Crippen LogP contribution is -2.57. The van der Waals surface area contributed by atoms with Crippen LogP contribution >= 0.6 is 0 Å². The number of para-hydroxylation sites is 2. The third kappa shape index (κ3) is 14.1. The summed E-state index contributed by atoms with van der Waals surface area (Å²) >= 11 is 0. The first-order valence-corrected chi connectivity index (χ1v) is 44.7. The van der Waals surface area contributed by atoms with Crippen molar-refractivity contribution in [2.75, 3.05) is 0 Å². The molecule has 612 valence electrons. The van der Waals surface area contributed by atoms with Gasteiger partial charge in [-0.05, 0) is 294 Å². The minimum absolute atomic E-state index is 0.00192. The van der Waals surface area contributed by atoms with E-state index < -0.39 is 0 Å². The summed E-state index contributed by atoms with van der Waals surface area (Å²) in [6.45, 7) is 34.3. The van der Waals surface area contributed by atoms with Crippen LogP contribution in [0.2, 0.25) is 0 Å². The van der Waals surface area contributed by atoms with Crippen molar-refractivity contribution in [3.8, 4) is 135 Å². The summed E-state index contributed by atoms with van der Waals surface area (Å²) < 4.78 is 27.8. The van der Waals surface area contributed by atoms with Gasteiger partial charge in [-0.2, -0.15) is 0 Å². The van der Waals surface area contributed by atoms with Gasteiger partial charge in [0.1, 0.15) is 46.0 Å². The Kier molecular flexibility index (Phi) is 19.0. The highest BCUT2D eigenvalue weighted by Gasteiger charge is 2.43. The average Bonchev–Trinajstić information content (AvgIpc) is 0.724. The molecule has 4 heterocycles. The molecule has 0 amide bonds. The van der Waals surface area contributed by atoms with Crippen molar-refractivity contribution in [2.45, 2.75) is 131 Å².